The summed E-state index contributed by atoms with van der Waals surface area (Å²) in [6, 6.07) is 6.43. The van der Waals surface area contributed by atoms with Crippen LogP contribution in [0.4, 0.5) is 0 Å². The summed E-state index contributed by atoms with van der Waals surface area (Å²) in [4.78, 5) is 15.1. The Morgan fingerprint density at radius 1 is 1.25 bits per heavy atom. The van der Waals surface area contributed by atoms with E-state index in [9.17, 15) is 13.2 Å². The molecule has 2 heterocycles. The van der Waals surface area contributed by atoms with E-state index in [0.29, 0.717) is 36.4 Å². The standard InChI is InChI=1S/C23H27Cl2NO5S/c1-3-7-30-22-19(24)10-15(11-20(22)25)23(27)26(16-6-8-32(28,29)13-16)12-17-4-5-21(31-17)18-9-14(18)2/h4-5,10-11,14,16,18H,3,6-9,12-13H2,1-2H3. The summed E-state index contributed by atoms with van der Waals surface area (Å²) < 4.78 is 35.8. The lowest BCUT2D eigenvalue weighted by atomic mass is 10.1. The zero-order valence-electron chi connectivity index (χ0n) is 18.1. The normalized spacial score (nSPS) is 23.8. The number of carbonyl (C=O) groups excluding carboxylic acids is 1. The van der Waals surface area contributed by atoms with Crippen molar-refractivity contribution in [3.63, 3.8) is 0 Å². The van der Waals surface area contributed by atoms with Crippen molar-refractivity contribution < 1.29 is 22.4 Å². The van der Waals surface area contributed by atoms with Crippen LogP contribution in [0.25, 0.3) is 0 Å². The van der Waals surface area contributed by atoms with Crippen LogP contribution >= 0.6 is 23.2 Å². The highest BCUT2D eigenvalue weighted by Gasteiger charge is 2.38. The average Bonchev–Trinajstić information content (AvgIpc) is 3.11. The smallest absolute Gasteiger partial charge is 0.254 e. The Labute approximate surface area is 198 Å². The number of furan rings is 1. The van der Waals surface area contributed by atoms with Crippen LogP contribution in [0.2, 0.25) is 10.0 Å². The van der Waals surface area contributed by atoms with E-state index >= 15 is 0 Å². The number of sulfone groups is 1. The molecule has 0 spiro atoms. The zero-order valence-corrected chi connectivity index (χ0v) is 20.5. The molecule has 3 unspecified atom stereocenters. The molecule has 1 aliphatic heterocycles. The number of hydrogen-bond acceptors (Lipinski definition) is 5. The van der Waals surface area contributed by atoms with Gasteiger partial charge in [0.05, 0.1) is 34.7 Å². The molecule has 2 aliphatic rings. The minimum atomic E-state index is -3.18. The van der Waals surface area contributed by atoms with Gasteiger partial charge in [0, 0.05) is 17.5 Å². The lowest BCUT2D eigenvalue weighted by Gasteiger charge is -2.28. The fraction of sp³-hybridized carbons (Fsp3) is 0.522. The van der Waals surface area contributed by atoms with Gasteiger partial charge in [-0.15, -0.1) is 0 Å². The van der Waals surface area contributed by atoms with E-state index in [4.69, 9.17) is 32.4 Å². The van der Waals surface area contributed by atoms with Gasteiger partial charge in [0.2, 0.25) is 0 Å². The van der Waals surface area contributed by atoms with Crippen LogP contribution in [0.3, 0.4) is 0 Å². The van der Waals surface area contributed by atoms with E-state index in [1.165, 1.54) is 12.1 Å². The van der Waals surface area contributed by atoms with Crippen LogP contribution < -0.4 is 4.74 Å². The van der Waals surface area contributed by atoms with Gasteiger partial charge in [0.15, 0.2) is 15.6 Å². The first kappa shape index (κ1) is 23.5. The molecule has 2 fully saturated rings. The van der Waals surface area contributed by atoms with Crippen molar-refractivity contribution >= 4 is 38.9 Å². The van der Waals surface area contributed by atoms with Gasteiger partial charge in [-0.1, -0.05) is 37.0 Å². The Balaban J connectivity index is 1.60. The summed E-state index contributed by atoms with van der Waals surface area (Å²) in [5, 5.41) is 0.493. The third-order valence-corrected chi connectivity index (χ3v) is 8.40. The van der Waals surface area contributed by atoms with Crippen LogP contribution in [-0.4, -0.2) is 43.4 Å². The minimum Gasteiger partial charge on any atom is -0.490 e. The van der Waals surface area contributed by atoms with Crippen LogP contribution in [0.15, 0.2) is 28.7 Å². The quantitative estimate of drug-likeness (QED) is 0.490. The van der Waals surface area contributed by atoms with Crippen molar-refractivity contribution in [1.29, 1.82) is 0 Å². The van der Waals surface area contributed by atoms with Crippen LogP contribution in [0.5, 0.6) is 5.75 Å². The summed E-state index contributed by atoms with van der Waals surface area (Å²) in [6.45, 7) is 4.79. The molecule has 0 radical (unpaired) electrons. The van der Waals surface area contributed by atoms with Crippen molar-refractivity contribution in [3.8, 4) is 5.75 Å². The highest BCUT2D eigenvalue weighted by atomic mass is 35.5. The van der Waals surface area contributed by atoms with E-state index in [1.54, 1.807) is 4.90 Å². The topological polar surface area (TPSA) is 76.8 Å². The first-order valence-electron chi connectivity index (χ1n) is 10.9. The van der Waals surface area contributed by atoms with E-state index in [1.807, 2.05) is 19.1 Å². The maximum absolute atomic E-state index is 13.5. The van der Waals surface area contributed by atoms with E-state index in [0.717, 1.165) is 18.6 Å². The molecule has 3 atom stereocenters. The molecule has 6 nitrogen and oxygen atoms in total. The van der Waals surface area contributed by atoms with Gasteiger partial charge in [0.25, 0.3) is 5.91 Å². The molecule has 0 bridgehead atoms. The average molecular weight is 500 g/mol. The third kappa shape index (κ3) is 5.10. The van der Waals surface area contributed by atoms with Crippen molar-refractivity contribution in [1.82, 2.24) is 4.90 Å². The van der Waals surface area contributed by atoms with Gasteiger partial charge in [-0.05, 0) is 49.4 Å². The van der Waals surface area contributed by atoms with Gasteiger partial charge in [-0.2, -0.15) is 0 Å². The summed E-state index contributed by atoms with van der Waals surface area (Å²) in [6.07, 6.45) is 2.28. The lowest BCUT2D eigenvalue weighted by molar-refractivity contribution is 0.0665. The molecular formula is C23H27Cl2NO5S. The highest BCUT2D eigenvalue weighted by Crippen LogP contribution is 2.47. The van der Waals surface area contributed by atoms with Gasteiger partial charge >= 0.3 is 0 Å². The number of carbonyl (C=O) groups is 1. The Bertz CT molecular complexity index is 1090. The lowest BCUT2D eigenvalue weighted by Crippen LogP contribution is -2.40. The largest absolute Gasteiger partial charge is 0.490 e. The van der Waals surface area contributed by atoms with E-state index in [2.05, 4.69) is 6.92 Å². The van der Waals surface area contributed by atoms with Crippen molar-refractivity contribution in [2.24, 2.45) is 5.92 Å². The molecule has 1 amide bonds. The third-order valence-electron chi connectivity index (χ3n) is 6.09. The highest BCUT2D eigenvalue weighted by molar-refractivity contribution is 7.91. The number of benzene rings is 1. The van der Waals surface area contributed by atoms with Gasteiger partial charge in [-0.25, -0.2) is 8.42 Å². The summed E-state index contributed by atoms with van der Waals surface area (Å²) in [5.41, 5.74) is 0.288. The van der Waals surface area contributed by atoms with Crippen molar-refractivity contribution in [2.75, 3.05) is 18.1 Å². The number of amides is 1. The van der Waals surface area contributed by atoms with Crippen molar-refractivity contribution in [2.45, 2.75) is 51.6 Å². The molecule has 0 N–H and O–H groups in total. The second-order valence-electron chi connectivity index (χ2n) is 8.73. The Kier molecular flexibility index (Phi) is 6.80. The predicted molar refractivity (Wildman–Crippen MR) is 124 cm³/mol. The number of nitrogens with zero attached hydrogens (tertiary/aromatic N) is 1. The minimum absolute atomic E-state index is 0.0644. The first-order valence-corrected chi connectivity index (χ1v) is 13.5. The van der Waals surface area contributed by atoms with E-state index in [-0.39, 0.29) is 39.6 Å². The first-order chi connectivity index (χ1) is 15.2. The molecule has 32 heavy (non-hydrogen) atoms. The molecule has 1 aromatic heterocycles. The molecule has 1 aliphatic carbocycles. The number of halogens is 2. The maximum atomic E-state index is 13.5. The molecule has 1 saturated carbocycles. The van der Waals surface area contributed by atoms with Gasteiger partial charge in [-0.3, -0.25) is 4.79 Å². The number of rotatable bonds is 8. The molecular weight excluding hydrogens is 473 g/mol. The molecule has 4 rings (SSSR count). The molecule has 2 aromatic rings. The second-order valence-corrected chi connectivity index (χ2v) is 11.8. The molecule has 1 saturated heterocycles. The summed E-state index contributed by atoms with van der Waals surface area (Å²) in [7, 11) is -3.18. The van der Waals surface area contributed by atoms with Crippen LogP contribution in [0, 0.1) is 5.92 Å². The maximum Gasteiger partial charge on any atom is 0.254 e. The monoisotopic (exact) mass is 499 g/mol. The number of ether oxygens (including phenoxy) is 1. The predicted octanol–water partition coefficient (Wildman–Crippen LogP) is 5.33. The zero-order chi connectivity index (χ0) is 23.0. The SMILES string of the molecule is CCCOc1c(Cl)cc(C(=O)N(Cc2ccc(C3CC3C)o2)C2CCS(=O)(=O)C2)cc1Cl. The Morgan fingerprint density at radius 3 is 2.50 bits per heavy atom. The van der Waals surface area contributed by atoms with Crippen LogP contribution in [-0.2, 0) is 16.4 Å². The van der Waals surface area contributed by atoms with Gasteiger partial charge < -0.3 is 14.1 Å². The molecule has 174 valence electrons. The number of hydrogen-bond donors (Lipinski definition) is 0. The molecule has 1 aromatic carbocycles. The van der Waals surface area contributed by atoms with Crippen LogP contribution in [0.1, 0.15) is 60.9 Å². The molecule has 9 heteroatoms. The van der Waals surface area contributed by atoms with E-state index < -0.39 is 15.9 Å². The second kappa shape index (κ2) is 9.27. The summed E-state index contributed by atoms with van der Waals surface area (Å²) in [5.74, 6) is 2.59. The summed E-state index contributed by atoms with van der Waals surface area (Å²) >= 11 is 12.7. The fourth-order valence-electron chi connectivity index (χ4n) is 4.14. The van der Waals surface area contributed by atoms with Crippen molar-refractivity contribution in [3.05, 3.63) is 51.4 Å². The fourth-order valence-corrected chi connectivity index (χ4v) is 6.47. The Morgan fingerprint density at radius 2 is 1.94 bits per heavy atom. The van der Waals surface area contributed by atoms with Gasteiger partial charge in [0.1, 0.15) is 11.5 Å². The Hall–Kier alpha value is -1.70.